The van der Waals surface area contributed by atoms with E-state index in [1.165, 1.54) is 11.2 Å². The minimum Gasteiger partial charge on any atom is -0.238 e. The van der Waals surface area contributed by atoms with Crippen molar-refractivity contribution in [1.82, 2.24) is 9.61 Å². The van der Waals surface area contributed by atoms with Crippen molar-refractivity contribution in [1.29, 1.82) is 0 Å². The molecule has 74 valence electrons. The fourth-order valence-electron chi connectivity index (χ4n) is 1.66. The zero-order valence-electron chi connectivity index (χ0n) is 8.94. The quantitative estimate of drug-likeness (QED) is 0.708. The summed E-state index contributed by atoms with van der Waals surface area (Å²) in [6, 6.07) is 8.38. The molecule has 2 heteroatoms. The monoisotopic (exact) mass is 188 g/mol. The van der Waals surface area contributed by atoms with Crippen molar-refractivity contribution in [3.63, 3.8) is 0 Å². The van der Waals surface area contributed by atoms with E-state index in [2.05, 4.69) is 44.1 Å². The van der Waals surface area contributed by atoms with Crippen molar-refractivity contribution in [2.45, 2.75) is 26.7 Å². The lowest BCUT2D eigenvalue weighted by atomic mass is 9.94. The predicted octanol–water partition coefficient (Wildman–Crippen LogP) is 3.09. The number of fused-ring (bicyclic) bond motifs is 1. The molecule has 0 aliphatic carbocycles. The highest BCUT2D eigenvalue weighted by Crippen LogP contribution is 2.23. The molecule has 0 aliphatic rings. The summed E-state index contributed by atoms with van der Waals surface area (Å²) in [5.41, 5.74) is 2.47. The molecule has 2 nitrogen and oxygen atoms in total. The molecule has 1 unspecified atom stereocenters. The smallest absolute Gasteiger partial charge is 0.0664 e. The summed E-state index contributed by atoms with van der Waals surface area (Å²) in [6.07, 6.45) is 1.85. The van der Waals surface area contributed by atoms with Crippen molar-refractivity contribution in [2.75, 3.05) is 0 Å². The molecule has 0 amide bonds. The molecule has 0 bridgehead atoms. The Morgan fingerprint density at radius 1 is 1.14 bits per heavy atom. The average molecular weight is 188 g/mol. The van der Waals surface area contributed by atoms with Crippen LogP contribution in [0.3, 0.4) is 0 Å². The maximum atomic E-state index is 4.34. The van der Waals surface area contributed by atoms with Crippen molar-refractivity contribution >= 4 is 5.52 Å². The fraction of sp³-hybridized carbons (Fsp3) is 0.417. The highest BCUT2D eigenvalue weighted by atomic mass is 15.2. The Bertz CT molecular complexity index is 429. The van der Waals surface area contributed by atoms with Crippen LogP contribution in [-0.2, 0) is 0 Å². The van der Waals surface area contributed by atoms with Gasteiger partial charge < -0.3 is 0 Å². The molecule has 1 atom stereocenters. The topological polar surface area (TPSA) is 17.3 Å². The first-order valence-corrected chi connectivity index (χ1v) is 5.13. The summed E-state index contributed by atoms with van der Waals surface area (Å²) < 4.78 is 2.03. The van der Waals surface area contributed by atoms with Crippen LogP contribution in [0.15, 0.2) is 30.5 Å². The van der Waals surface area contributed by atoms with Gasteiger partial charge in [-0.05, 0) is 24.1 Å². The molecule has 0 N–H and O–H groups in total. The lowest BCUT2D eigenvalue weighted by molar-refractivity contribution is 0.513. The normalized spacial score (nSPS) is 13.7. The minimum atomic E-state index is 0.540. The lowest BCUT2D eigenvalue weighted by Gasteiger charge is -2.16. The van der Waals surface area contributed by atoms with Gasteiger partial charge >= 0.3 is 0 Å². The molecule has 2 heterocycles. The van der Waals surface area contributed by atoms with E-state index in [9.17, 15) is 0 Å². The molecule has 0 spiro atoms. The summed E-state index contributed by atoms with van der Waals surface area (Å²) in [6.45, 7) is 6.74. The molecule has 0 radical (unpaired) electrons. The van der Waals surface area contributed by atoms with Gasteiger partial charge in [-0.2, -0.15) is 5.10 Å². The maximum absolute atomic E-state index is 4.34. The van der Waals surface area contributed by atoms with Crippen LogP contribution in [0.1, 0.15) is 32.4 Å². The van der Waals surface area contributed by atoms with Crippen LogP contribution in [0.5, 0.6) is 0 Å². The molecular weight excluding hydrogens is 172 g/mol. The van der Waals surface area contributed by atoms with Gasteiger partial charge in [0.2, 0.25) is 0 Å². The van der Waals surface area contributed by atoms with E-state index in [4.69, 9.17) is 0 Å². The van der Waals surface area contributed by atoms with Crippen LogP contribution in [0.2, 0.25) is 0 Å². The molecule has 2 aromatic heterocycles. The average Bonchev–Trinajstić information content (AvgIpc) is 2.63. The Kier molecular flexibility index (Phi) is 2.28. The van der Waals surface area contributed by atoms with Gasteiger partial charge in [-0.15, -0.1) is 0 Å². The van der Waals surface area contributed by atoms with Gasteiger partial charge in [0.05, 0.1) is 5.52 Å². The summed E-state index contributed by atoms with van der Waals surface area (Å²) in [7, 11) is 0. The zero-order chi connectivity index (χ0) is 10.1. The van der Waals surface area contributed by atoms with Crippen LogP contribution in [0, 0.1) is 5.92 Å². The Hall–Kier alpha value is -1.31. The summed E-state index contributed by atoms with van der Waals surface area (Å²) >= 11 is 0. The summed E-state index contributed by atoms with van der Waals surface area (Å²) in [4.78, 5) is 0. The number of pyridine rings is 1. The molecule has 14 heavy (non-hydrogen) atoms. The van der Waals surface area contributed by atoms with E-state index in [0.29, 0.717) is 11.8 Å². The summed E-state index contributed by atoms with van der Waals surface area (Å²) in [5, 5.41) is 4.34. The van der Waals surface area contributed by atoms with Crippen molar-refractivity contribution in [3.05, 3.63) is 36.2 Å². The number of rotatable bonds is 2. The molecule has 2 rings (SSSR count). The highest BCUT2D eigenvalue weighted by molar-refractivity contribution is 5.46. The Morgan fingerprint density at radius 2 is 1.93 bits per heavy atom. The van der Waals surface area contributed by atoms with Crippen molar-refractivity contribution in [2.24, 2.45) is 5.92 Å². The first-order chi connectivity index (χ1) is 6.70. The number of hydrogen-bond donors (Lipinski definition) is 0. The first kappa shape index (κ1) is 9.25. The molecule has 0 aliphatic heterocycles. The number of nitrogens with zero attached hydrogens (tertiary/aromatic N) is 2. The van der Waals surface area contributed by atoms with Gasteiger partial charge in [0.25, 0.3) is 0 Å². The van der Waals surface area contributed by atoms with Gasteiger partial charge in [0.1, 0.15) is 0 Å². The van der Waals surface area contributed by atoms with E-state index in [0.717, 1.165) is 0 Å². The standard InChI is InChI=1S/C12H16N2/c1-9(2)10(3)12-6-4-5-11-7-8-13-14(11)12/h4-10H,1-3H3. The van der Waals surface area contributed by atoms with Crippen LogP contribution in [0.4, 0.5) is 0 Å². The van der Waals surface area contributed by atoms with Gasteiger partial charge in [-0.3, -0.25) is 0 Å². The second kappa shape index (κ2) is 3.45. The Labute approximate surface area is 84.6 Å². The molecule has 0 saturated heterocycles. The van der Waals surface area contributed by atoms with E-state index >= 15 is 0 Å². The van der Waals surface area contributed by atoms with Crippen LogP contribution < -0.4 is 0 Å². The van der Waals surface area contributed by atoms with Crippen LogP contribution in [0.25, 0.3) is 5.52 Å². The zero-order valence-corrected chi connectivity index (χ0v) is 8.94. The minimum absolute atomic E-state index is 0.540. The molecule has 0 aromatic carbocycles. The third-order valence-electron chi connectivity index (χ3n) is 2.92. The Morgan fingerprint density at radius 3 is 2.64 bits per heavy atom. The van der Waals surface area contributed by atoms with E-state index in [1.807, 2.05) is 16.8 Å². The van der Waals surface area contributed by atoms with Gasteiger partial charge in [-0.25, -0.2) is 4.52 Å². The fourth-order valence-corrected chi connectivity index (χ4v) is 1.66. The molecular formula is C12H16N2. The van der Waals surface area contributed by atoms with Crippen LogP contribution >= 0.6 is 0 Å². The number of hydrogen-bond acceptors (Lipinski definition) is 1. The second-order valence-electron chi connectivity index (χ2n) is 4.15. The van der Waals surface area contributed by atoms with E-state index < -0.39 is 0 Å². The SMILES string of the molecule is CC(C)C(C)c1cccc2ccnn12. The summed E-state index contributed by atoms with van der Waals surface area (Å²) in [5.74, 6) is 1.18. The third-order valence-corrected chi connectivity index (χ3v) is 2.92. The molecule has 0 saturated carbocycles. The maximum Gasteiger partial charge on any atom is 0.0664 e. The molecule has 0 fully saturated rings. The van der Waals surface area contributed by atoms with Gasteiger partial charge in [0.15, 0.2) is 0 Å². The largest absolute Gasteiger partial charge is 0.238 e. The van der Waals surface area contributed by atoms with Gasteiger partial charge in [0, 0.05) is 17.8 Å². The third kappa shape index (κ3) is 1.41. The lowest BCUT2D eigenvalue weighted by Crippen LogP contribution is -2.08. The number of aromatic nitrogens is 2. The van der Waals surface area contributed by atoms with E-state index in [1.54, 1.807) is 0 Å². The molecule has 2 aromatic rings. The first-order valence-electron chi connectivity index (χ1n) is 5.13. The predicted molar refractivity (Wildman–Crippen MR) is 58.4 cm³/mol. The van der Waals surface area contributed by atoms with Crippen molar-refractivity contribution in [3.8, 4) is 0 Å². The highest BCUT2D eigenvalue weighted by Gasteiger charge is 2.12. The second-order valence-corrected chi connectivity index (χ2v) is 4.15. The van der Waals surface area contributed by atoms with Crippen LogP contribution in [-0.4, -0.2) is 9.61 Å². The van der Waals surface area contributed by atoms with Gasteiger partial charge in [-0.1, -0.05) is 26.8 Å². The van der Waals surface area contributed by atoms with Crippen molar-refractivity contribution < 1.29 is 0 Å². The van der Waals surface area contributed by atoms with E-state index in [-0.39, 0.29) is 0 Å². The Balaban J connectivity index is 2.56.